The van der Waals surface area contributed by atoms with Crippen LogP contribution in [0.2, 0.25) is 0 Å². The number of rotatable bonds is 5. The quantitative estimate of drug-likeness (QED) is 0.580. The maximum absolute atomic E-state index is 12.8. The number of benzene rings is 1. The molecule has 5 rings (SSSR count). The first-order valence-electron chi connectivity index (χ1n) is 11.4. The van der Waals surface area contributed by atoms with Gasteiger partial charge in [-0.2, -0.15) is 0 Å². The van der Waals surface area contributed by atoms with Crippen molar-refractivity contribution >= 4 is 23.1 Å². The topological polar surface area (TPSA) is 62.2 Å². The lowest BCUT2D eigenvalue weighted by atomic mass is 9.94. The molecular formula is C25H29N5OS. The molecule has 2 aliphatic heterocycles. The number of piperidine rings is 1. The number of anilines is 1. The standard InChI is InChI=1S/C25H29N5OS/c1-17-22-8-9-23(31)30(15-19-6-4-3-5-7-19)25(22)28-24(27-17)20-10-12-29(13-11-20)16-21-14-26-18(2)32-21/h3-7,14,20H,8-13,15-16H2,1-2H3. The van der Waals surface area contributed by atoms with Crippen LogP contribution in [0.3, 0.4) is 0 Å². The molecular weight excluding hydrogens is 418 g/mol. The highest BCUT2D eigenvalue weighted by Crippen LogP contribution is 2.33. The van der Waals surface area contributed by atoms with Crippen LogP contribution in [0.1, 0.15) is 57.7 Å². The summed E-state index contributed by atoms with van der Waals surface area (Å²) in [7, 11) is 0. The highest BCUT2D eigenvalue weighted by molar-refractivity contribution is 7.11. The smallest absolute Gasteiger partial charge is 0.228 e. The van der Waals surface area contributed by atoms with Gasteiger partial charge in [0.25, 0.3) is 0 Å². The summed E-state index contributed by atoms with van der Waals surface area (Å²) in [4.78, 5) is 32.8. The number of aromatic nitrogens is 3. The van der Waals surface area contributed by atoms with Crippen molar-refractivity contribution in [1.29, 1.82) is 0 Å². The summed E-state index contributed by atoms with van der Waals surface area (Å²) in [6.45, 7) is 7.74. The predicted octanol–water partition coefficient (Wildman–Crippen LogP) is 4.41. The van der Waals surface area contributed by atoms with Gasteiger partial charge in [0.05, 0.1) is 11.6 Å². The minimum absolute atomic E-state index is 0.153. The number of hydrogen-bond donors (Lipinski definition) is 0. The highest BCUT2D eigenvalue weighted by Gasteiger charge is 2.30. The summed E-state index contributed by atoms with van der Waals surface area (Å²) in [6, 6.07) is 10.2. The highest BCUT2D eigenvalue weighted by atomic mass is 32.1. The van der Waals surface area contributed by atoms with E-state index in [9.17, 15) is 4.79 Å². The molecule has 0 aliphatic carbocycles. The van der Waals surface area contributed by atoms with E-state index in [0.717, 1.165) is 72.4 Å². The summed E-state index contributed by atoms with van der Waals surface area (Å²) in [5, 5.41) is 1.13. The fourth-order valence-electron chi connectivity index (χ4n) is 4.76. The van der Waals surface area contributed by atoms with Gasteiger partial charge in [0.2, 0.25) is 5.91 Å². The SMILES string of the molecule is Cc1ncc(CN2CCC(c3nc(C)c4c(n3)N(Cc3ccccc3)C(=O)CC4)CC2)s1. The Kier molecular flexibility index (Phi) is 6.02. The maximum Gasteiger partial charge on any atom is 0.228 e. The Labute approximate surface area is 193 Å². The molecule has 0 bridgehead atoms. The number of likely N-dealkylation sites (tertiary alicyclic amines) is 1. The molecule has 3 aromatic rings. The molecule has 7 heteroatoms. The Morgan fingerprint density at radius 1 is 1.03 bits per heavy atom. The molecule has 0 atom stereocenters. The van der Waals surface area contributed by atoms with Crippen molar-refractivity contribution in [3.63, 3.8) is 0 Å². The Hall–Kier alpha value is -2.64. The van der Waals surface area contributed by atoms with E-state index in [0.29, 0.717) is 18.9 Å². The van der Waals surface area contributed by atoms with E-state index in [2.05, 4.69) is 35.9 Å². The molecule has 1 aromatic carbocycles. The zero-order chi connectivity index (χ0) is 22.1. The van der Waals surface area contributed by atoms with Gasteiger partial charge in [0, 0.05) is 41.2 Å². The number of fused-ring (bicyclic) bond motifs is 1. The van der Waals surface area contributed by atoms with Crippen molar-refractivity contribution in [3.8, 4) is 0 Å². The van der Waals surface area contributed by atoms with Gasteiger partial charge >= 0.3 is 0 Å². The summed E-state index contributed by atoms with van der Waals surface area (Å²) in [5.74, 6) is 2.23. The van der Waals surface area contributed by atoms with E-state index in [1.807, 2.05) is 29.3 Å². The number of thiazole rings is 1. The molecule has 0 unspecified atom stereocenters. The minimum Gasteiger partial charge on any atom is -0.298 e. The third-order valence-electron chi connectivity index (χ3n) is 6.54. The average Bonchev–Trinajstić information content (AvgIpc) is 3.21. The van der Waals surface area contributed by atoms with Gasteiger partial charge in [0.15, 0.2) is 0 Å². The lowest BCUT2D eigenvalue weighted by molar-refractivity contribution is -0.119. The van der Waals surface area contributed by atoms with E-state index in [-0.39, 0.29) is 5.91 Å². The minimum atomic E-state index is 0.153. The van der Waals surface area contributed by atoms with Crippen molar-refractivity contribution in [2.45, 2.75) is 58.5 Å². The Morgan fingerprint density at radius 2 is 1.81 bits per heavy atom. The molecule has 1 saturated heterocycles. The number of hydrogen-bond acceptors (Lipinski definition) is 6. The third-order valence-corrected chi connectivity index (χ3v) is 7.44. The van der Waals surface area contributed by atoms with Crippen LogP contribution < -0.4 is 4.90 Å². The molecule has 2 aliphatic rings. The fraction of sp³-hybridized carbons (Fsp3) is 0.440. The van der Waals surface area contributed by atoms with Gasteiger partial charge in [-0.15, -0.1) is 11.3 Å². The second kappa shape index (κ2) is 9.08. The normalized spacial score (nSPS) is 17.6. The van der Waals surface area contributed by atoms with Crippen LogP contribution in [-0.2, 0) is 24.3 Å². The molecule has 0 N–H and O–H groups in total. The number of nitrogens with zero attached hydrogens (tertiary/aromatic N) is 5. The number of amides is 1. The van der Waals surface area contributed by atoms with Crippen LogP contribution in [-0.4, -0.2) is 38.8 Å². The van der Waals surface area contributed by atoms with Crippen LogP contribution >= 0.6 is 11.3 Å². The van der Waals surface area contributed by atoms with Gasteiger partial charge in [-0.05, 0) is 51.8 Å². The Balaban J connectivity index is 1.34. The average molecular weight is 448 g/mol. The molecule has 1 fully saturated rings. The Bertz CT molecular complexity index is 1100. The maximum atomic E-state index is 12.8. The van der Waals surface area contributed by atoms with Crippen molar-refractivity contribution < 1.29 is 4.79 Å². The first-order valence-corrected chi connectivity index (χ1v) is 12.2. The van der Waals surface area contributed by atoms with Crippen LogP contribution in [0.25, 0.3) is 0 Å². The summed E-state index contributed by atoms with van der Waals surface area (Å²) in [5.41, 5.74) is 3.28. The van der Waals surface area contributed by atoms with E-state index in [1.54, 1.807) is 11.3 Å². The van der Waals surface area contributed by atoms with Gasteiger partial charge in [-0.3, -0.25) is 14.6 Å². The molecule has 166 valence electrons. The first kappa shape index (κ1) is 21.2. The van der Waals surface area contributed by atoms with Crippen LogP contribution in [0.5, 0.6) is 0 Å². The van der Waals surface area contributed by atoms with Gasteiger partial charge in [0.1, 0.15) is 11.6 Å². The van der Waals surface area contributed by atoms with Crippen molar-refractivity contribution in [2.24, 2.45) is 0 Å². The van der Waals surface area contributed by atoms with Crippen LogP contribution in [0.15, 0.2) is 36.5 Å². The molecule has 0 radical (unpaired) electrons. The monoisotopic (exact) mass is 447 g/mol. The lowest BCUT2D eigenvalue weighted by Gasteiger charge is -2.33. The first-order chi connectivity index (χ1) is 15.6. The van der Waals surface area contributed by atoms with Crippen LogP contribution in [0, 0.1) is 13.8 Å². The number of carbonyl (C=O) groups is 1. The second-order valence-electron chi connectivity index (χ2n) is 8.83. The zero-order valence-electron chi connectivity index (χ0n) is 18.8. The van der Waals surface area contributed by atoms with E-state index < -0.39 is 0 Å². The van der Waals surface area contributed by atoms with Crippen LogP contribution in [0.4, 0.5) is 5.82 Å². The summed E-state index contributed by atoms with van der Waals surface area (Å²) < 4.78 is 0. The van der Waals surface area contributed by atoms with Crippen molar-refractivity contribution in [1.82, 2.24) is 19.9 Å². The molecule has 6 nitrogen and oxygen atoms in total. The molecule has 0 spiro atoms. The summed E-state index contributed by atoms with van der Waals surface area (Å²) >= 11 is 1.78. The van der Waals surface area contributed by atoms with Gasteiger partial charge in [-0.1, -0.05) is 30.3 Å². The molecule has 1 amide bonds. The molecule has 32 heavy (non-hydrogen) atoms. The lowest BCUT2D eigenvalue weighted by Crippen LogP contribution is -2.37. The molecule has 4 heterocycles. The van der Waals surface area contributed by atoms with E-state index in [4.69, 9.17) is 9.97 Å². The molecule has 0 saturated carbocycles. The zero-order valence-corrected chi connectivity index (χ0v) is 19.6. The van der Waals surface area contributed by atoms with Crippen molar-refractivity contribution in [2.75, 3.05) is 18.0 Å². The van der Waals surface area contributed by atoms with E-state index >= 15 is 0 Å². The number of carbonyl (C=O) groups excluding carboxylic acids is 1. The van der Waals surface area contributed by atoms with Gasteiger partial charge in [-0.25, -0.2) is 15.0 Å². The van der Waals surface area contributed by atoms with E-state index in [1.165, 1.54) is 4.88 Å². The summed E-state index contributed by atoms with van der Waals surface area (Å²) in [6.07, 6.45) is 5.35. The van der Waals surface area contributed by atoms with Gasteiger partial charge < -0.3 is 0 Å². The largest absolute Gasteiger partial charge is 0.298 e. The van der Waals surface area contributed by atoms with Crippen molar-refractivity contribution in [3.05, 3.63) is 69.1 Å². The predicted molar refractivity (Wildman–Crippen MR) is 127 cm³/mol. The third kappa shape index (κ3) is 4.45. The molecule has 2 aromatic heterocycles. The Morgan fingerprint density at radius 3 is 2.53 bits per heavy atom. The fourth-order valence-corrected chi connectivity index (χ4v) is 5.60. The second-order valence-corrected chi connectivity index (χ2v) is 10.2. The number of aryl methyl sites for hydroxylation is 2.